The van der Waals surface area contributed by atoms with Crippen molar-refractivity contribution >= 4 is 40.2 Å². The highest BCUT2D eigenvalue weighted by molar-refractivity contribution is 7.84. The number of piperidine rings is 1. The minimum Gasteiger partial charge on any atom is -0.355 e. The average molecular weight is 468 g/mol. The van der Waals surface area contributed by atoms with Crippen LogP contribution in [0.2, 0.25) is 0 Å². The fourth-order valence-electron chi connectivity index (χ4n) is 4.98. The van der Waals surface area contributed by atoms with Gasteiger partial charge in [-0.2, -0.15) is 0 Å². The number of anilines is 1. The second kappa shape index (κ2) is 8.01. The zero-order chi connectivity index (χ0) is 22.5. The molecule has 0 amide bonds. The SMILES string of the molecule is CC(C)(C)[S@@](=O)N[C@@H]1c2ccccc2CC12CCN(c1cnc3[nH]c(=S)ccc3n1)CC2. The van der Waals surface area contributed by atoms with Gasteiger partial charge in [-0.05, 0) is 68.7 Å². The van der Waals surface area contributed by atoms with Gasteiger partial charge in [0.15, 0.2) is 5.65 Å². The molecular formula is C24H29N5OS2. The van der Waals surface area contributed by atoms with Crippen molar-refractivity contribution in [1.29, 1.82) is 0 Å². The van der Waals surface area contributed by atoms with Crippen molar-refractivity contribution in [2.75, 3.05) is 18.0 Å². The third kappa shape index (κ3) is 3.89. The molecule has 2 N–H and O–H groups in total. The monoisotopic (exact) mass is 467 g/mol. The number of pyridine rings is 1. The van der Waals surface area contributed by atoms with Crippen LogP contribution in [0.25, 0.3) is 11.2 Å². The lowest BCUT2D eigenvalue weighted by molar-refractivity contribution is 0.177. The highest BCUT2D eigenvalue weighted by atomic mass is 32.2. The lowest BCUT2D eigenvalue weighted by atomic mass is 9.73. The molecule has 168 valence electrons. The van der Waals surface area contributed by atoms with Gasteiger partial charge in [0, 0.05) is 13.1 Å². The van der Waals surface area contributed by atoms with Crippen LogP contribution >= 0.6 is 12.2 Å². The Kier molecular flexibility index (Phi) is 5.42. The molecule has 1 aromatic carbocycles. The third-order valence-electron chi connectivity index (χ3n) is 6.81. The van der Waals surface area contributed by atoms with Gasteiger partial charge in [-0.15, -0.1) is 0 Å². The van der Waals surface area contributed by atoms with E-state index >= 15 is 0 Å². The van der Waals surface area contributed by atoms with Gasteiger partial charge in [-0.3, -0.25) is 0 Å². The van der Waals surface area contributed by atoms with Crippen LogP contribution in [0.3, 0.4) is 0 Å². The molecule has 8 heteroatoms. The number of H-pyrrole nitrogens is 1. The molecule has 3 aromatic rings. The smallest absolute Gasteiger partial charge is 0.157 e. The van der Waals surface area contributed by atoms with Crippen LogP contribution < -0.4 is 9.62 Å². The van der Waals surface area contributed by atoms with E-state index in [1.807, 2.05) is 39.1 Å². The lowest BCUT2D eigenvalue weighted by Gasteiger charge is -2.44. The van der Waals surface area contributed by atoms with Crippen molar-refractivity contribution in [2.24, 2.45) is 5.41 Å². The predicted molar refractivity (Wildman–Crippen MR) is 133 cm³/mol. The summed E-state index contributed by atoms with van der Waals surface area (Å²) in [6, 6.07) is 12.5. The summed E-state index contributed by atoms with van der Waals surface area (Å²) in [7, 11) is -1.12. The van der Waals surface area contributed by atoms with E-state index in [0.29, 0.717) is 4.64 Å². The van der Waals surface area contributed by atoms with Gasteiger partial charge in [-0.25, -0.2) is 18.9 Å². The molecule has 0 radical (unpaired) electrons. The van der Waals surface area contributed by atoms with Gasteiger partial charge in [0.25, 0.3) is 0 Å². The Morgan fingerprint density at radius 2 is 1.94 bits per heavy atom. The van der Waals surface area contributed by atoms with Crippen LogP contribution in [0.5, 0.6) is 0 Å². The average Bonchev–Trinajstić information content (AvgIpc) is 3.06. The summed E-state index contributed by atoms with van der Waals surface area (Å²) in [5.74, 6) is 0.899. The molecule has 1 saturated heterocycles. The van der Waals surface area contributed by atoms with Crippen molar-refractivity contribution in [3.63, 3.8) is 0 Å². The van der Waals surface area contributed by atoms with Crippen molar-refractivity contribution in [2.45, 2.75) is 50.8 Å². The van der Waals surface area contributed by atoms with Crippen molar-refractivity contribution in [3.05, 3.63) is 58.4 Å². The molecular weight excluding hydrogens is 438 g/mol. The van der Waals surface area contributed by atoms with E-state index < -0.39 is 11.0 Å². The van der Waals surface area contributed by atoms with Gasteiger partial charge in [-0.1, -0.05) is 36.5 Å². The Morgan fingerprint density at radius 3 is 2.69 bits per heavy atom. The van der Waals surface area contributed by atoms with E-state index in [4.69, 9.17) is 17.2 Å². The summed E-state index contributed by atoms with van der Waals surface area (Å²) in [5.41, 5.74) is 4.29. The number of nitrogens with one attached hydrogen (secondary N) is 2. The zero-order valence-electron chi connectivity index (χ0n) is 18.7. The van der Waals surface area contributed by atoms with Crippen LogP contribution in [0, 0.1) is 10.1 Å². The van der Waals surface area contributed by atoms with E-state index in [1.165, 1.54) is 11.1 Å². The molecule has 32 heavy (non-hydrogen) atoms. The van der Waals surface area contributed by atoms with Gasteiger partial charge in [0.05, 0.1) is 28.0 Å². The second-order valence-electron chi connectivity index (χ2n) is 9.94. The fraction of sp³-hybridized carbons (Fsp3) is 0.458. The van der Waals surface area contributed by atoms with Gasteiger partial charge in [0.1, 0.15) is 16.0 Å². The Morgan fingerprint density at radius 1 is 1.19 bits per heavy atom. The molecule has 1 aliphatic carbocycles. The Balaban J connectivity index is 1.40. The molecule has 2 atom stereocenters. The number of nitrogens with zero attached hydrogens (tertiary/aromatic N) is 3. The first kappa shape index (κ1) is 21.7. The van der Waals surface area contributed by atoms with Crippen LogP contribution in [-0.4, -0.2) is 37.0 Å². The van der Waals surface area contributed by atoms with Gasteiger partial charge in [0.2, 0.25) is 0 Å². The predicted octanol–water partition coefficient (Wildman–Crippen LogP) is 4.62. The van der Waals surface area contributed by atoms with Crippen molar-refractivity contribution in [3.8, 4) is 0 Å². The largest absolute Gasteiger partial charge is 0.355 e. The summed E-state index contributed by atoms with van der Waals surface area (Å²) in [4.78, 5) is 14.8. The van der Waals surface area contributed by atoms with E-state index in [9.17, 15) is 4.21 Å². The molecule has 0 saturated carbocycles. The first-order valence-electron chi connectivity index (χ1n) is 11.1. The Bertz CT molecular complexity index is 1240. The number of benzene rings is 1. The van der Waals surface area contributed by atoms with Crippen LogP contribution in [0.15, 0.2) is 42.6 Å². The van der Waals surface area contributed by atoms with Crippen LogP contribution in [-0.2, 0) is 17.4 Å². The number of fused-ring (bicyclic) bond motifs is 2. The third-order valence-corrected chi connectivity index (χ3v) is 8.61. The van der Waals surface area contributed by atoms with E-state index in [2.05, 4.69) is 43.9 Å². The molecule has 5 rings (SSSR count). The lowest BCUT2D eigenvalue weighted by Crippen LogP contribution is -2.48. The standard InChI is InChI=1S/C24H29N5OS2/c1-23(2,3)32(30)28-21-17-7-5-4-6-16(17)14-24(21)10-12-29(13-11-24)19-15-25-22-18(26-19)8-9-20(31)27-22/h4-9,15,21,28H,10-14H2,1-3H3,(H,25,27,31)/t21-,32-/m1/s1. The minimum absolute atomic E-state index is 0.0659. The summed E-state index contributed by atoms with van der Waals surface area (Å²) < 4.78 is 16.9. The number of rotatable bonds is 3. The number of hydrogen-bond acceptors (Lipinski definition) is 5. The summed E-state index contributed by atoms with van der Waals surface area (Å²) >= 11 is 5.19. The van der Waals surface area contributed by atoms with Crippen LogP contribution in [0.1, 0.15) is 50.8 Å². The molecule has 1 spiro atoms. The normalized spacial score (nSPS) is 21.1. The molecule has 1 fully saturated rings. The summed E-state index contributed by atoms with van der Waals surface area (Å²) in [6.45, 7) is 7.87. The number of aromatic amines is 1. The molecule has 0 unspecified atom stereocenters. The topological polar surface area (TPSA) is 73.9 Å². The molecule has 2 aromatic heterocycles. The first-order valence-corrected chi connectivity index (χ1v) is 12.7. The summed E-state index contributed by atoms with van der Waals surface area (Å²) in [5, 5.41) is 0. The minimum atomic E-state index is -1.12. The van der Waals surface area contributed by atoms with E-state index in [1.54, 1.807) is 0 Å². The quantitative estimate of drug-likeness (QED) is 0.550. The molecule has 6 nitrogen and oxygen atoms in total. The van der Waals surface area contributed by atoms with Crippen LogP contribution in [0.4, 0.5) is 5.82 Å². The Hall–Kier alpha value is -2.16. The molecule has 3 heterocycles. The molecule has 1 aliphatic heterocycles. The number of aromatic nitrogens is 3. The van der Waals surface area contributed by atoms with E-state index in [0.717, 1.165) is 49.3 Å². The maximum atomic E-state index is 13.1. The fourth-order valence-corrected chi connectivity index (χ4v) is 6.09. The molecule has 0 bridgehead atoms. The molecule has 2 aliphatic rings. The highest BCUT2D eigenvalue weighted by Crippen LogP contribution is 2.52. The zero-order valence-corrected chi connectivity index (χ0v) is 20.4. The first-order chi connectivity index (χ1) is 15.2. The second-order valence-corrected chi connectivity index (χ2v) is 12.4. The number of hydrogen-bond donors (Lipinski definition) is 2. The highest BCUT2D eigenvalue weighted by Gasteiger charge is 2.48. The maximum Gasteiger partial charge on any atom is 0.157 e. The van der Waals surface area contributed by atoms with Crippen molar-refractivity contribution in [1.82, 2.24) is 19.7 Å². The van der Waals surface area contributed by atoms with Gasteiger partial charge >= 0.3 is 0 Å². The maximum absolute atomic E-state index is 13.1. The Labute approximate surface area is 196 Å². The van der Waals surface area contributed by atoms with Gasteiger partial charge < -0.3 is 9.88 Å². The van der Waals surface area contributed by atoms with E-state index in [-0.39, 0.29) is 16.2 Å². The van der Waals surface area contributed by atoms with Crippen molar-refractivity contribution < 1.29 is 4.21 Å². The summed E-state index contributed by atoms with van der Waals surface area (Å²) in [6.07, 6.45) is 4.88.